The summed E-state index contributed by atoms with van der Waals surface area (Å²) >= 11 is 0. The van der Waals surface area contributed by atoms with Crippen LogP contribution < -0.4 is 10.2 Å². The van der Waals surface area contributed by atoms with E-state index in [0.29, 0.717) is 0 Å². The minimum atomic E-state index is -1.01. The third-order valence-corrected chi connectivity index (χ3v) is 1.63. The average molecular weight is 189 g/mol. The van der Waals surface area contributed by atoms with E-state index in [0.717, 1.165) is 6.07 Å². The van der Waals surface area contributed by atoms with E-state index in [9.17, 15) is 8.78 Å². The van der Waals surface area contributed by atoms with E-state index >= 15 is 0 Å². The predicted octanol–water partition coefficient (Wildman–Crippen LogP) is 1.45. The van der Waals surface area contributed by atoms with Gasteiger partial charge in [-0.25, -0.2) is 14.3 Å². The van der Waals surface area contributed by atoms with Gasteiger partial charge in [0.05, 0.1) is 13.7 Å². The minimum absolute atomic E-state index is 0.0370. The van der Waals surface area contributed by atoms with Crippen LogP contribution in [0.3, 0.4) is 0 Å². The monoisotopic (exact) mass is 189 g/mol. The van der Waals surface area contributed by atoms with Crippen LogP contribution in [-0.4, -0.2) is 12.3 Å². The minimum Gasteiger partial charge on any atom is -0.496 e. The Kier molecular flexibility index (Phi) is 3.16. The molecule has 0 aliphatic heterocycles. The molecule has 1 rings (SSSR count). The van der Waals surface area contributed by atoms with Gasteiger partial charge in [-0.05, 0) is 12.1 Å². The SMILES string of the molecule is COc1ccc(F)c(F)c1CNO. The van der Waals surface area contributed by atoms with Crippen LogP contribution in [0.25, 0.3) is 0 Å². The van der Waals surface area contributed by atoms with Gasteiger partial charge in [-0.2, -0.15) is 0 Å². The number of rotatable bonds is 3. The summed E-state index contributed by atoms with van der Waals surface area (Å²) in [6.07, 6.45) is 0. The van der Waals surface area contributed by atoms with Crippen LogP contribution in [-0.2, 0) is 6.54 Å². The highest BCUT2D eigenvalue weighted by molar-refractivity contribution is 5.35. The molecule has 0 saturated heterocycles. The molecular weight excluding hydrogens is 180 g/mol. The zero-order chi connectivity index (χ0) is 9.84. The molecule has 0 spiro atoms. The summed E-state index contributed by atoms with van der Waals surface area (Å²) in [6.45, 7) is -0.202. The third-order valence-electron chi connectivity index (χ3n) is 1.63. The van der Waals surface area contributed by atoms with E-state index in [-0.39, 0.29) is 17.9 Å². The van der Waals surface area contributed by atoms with Crippen LogP contribution >= 0.6 is 0 Å². The topological polar surface area (TPSA) is 41.5 Å². The first-order valence-corrected chi connectivity index (χ1v) is 3.58. The second kappa shape index (κ2) is 4.15. The summed E-state index contributed by atoms with van der Waals surface area (Å²) in [5.41, 5.74) is 1.70. The van der Waals surface area contributed by atoms with Crippen LogP contribution in [0.15, 0.2) is 12.1 Å². The van der Waals surface area contributed by atoms with Gasteiger partial charge in [-0.1, -0.05) is 0 Å². The highest BCUT2D eigenvalue weighted by atomic mass is 19.2. The molecule has 0 radical (unpaired) electrons. The first kappa shape index (κ1) is 9.88. The van der Waals surface area contributed by atoms with Crippen molar-refractivity contribution in [3.63, 3.8) is 0 Å². The van der Waals surface area contributed by atoms with Crippen LogP contribution in [0.2, 0.25) is 0 Å². The molecule has 0 fully saturated rings. The summed E-state index contributed by atoms with van der Waals surface area (Å²) < 4.78 is 30.5. The smallest absolute Gasteiger partial charge is 0.167 e. The van der Waals surface area contributed by atoms with Crippen molar-refractivity contribution in [1.29, 1.82) is 0 Å². The van der Waals surface area contributed by atoms with Crippen molar-refractivity contribution in [3.8, 4) is 5.75 Å². The van der Waals surface area contributed by atoms with Gasteiger partial charge in [0.25, 0.3) is 0 Å². The normalized spacial score (nSPS) is 10.2. The number of nitrogens with one attached hydrogen (secondary N) is 1. The summed E-state index contributed by atoms with van der Waals surface area (Å²) in [4.78, 5) is 0. The Morgan fingerprint density at radius 1 is 1.46 bits per heavy atom. The first-order valence-electron chi connectivity index (χ1n) is 3.58. The van der Waals surface area contributed by atoms with Crippen molar-refractivity contribution in [3.05, 3.63) is 29.3 Å². The maximum Gasteiger partial charge on any atom is 0.167 e. The van der Waals surface area contributed by atoms with Crippen molar-refractivity contribution in [1.82, 2.24) is 5.48 Å². The Bertz CT molecular complexity index is 304. The lowest BCUT2D eigenvalue weighted by Gasteiger charge is -2.08. The molecule has 0 aliphatic carbocycles. The fourth-order valence-corrected chi connectivity index (χ4v) is 1.01. The van der Waals surface area contributed by atoms with Gasteiger partial charge < -0.3 is 9.94 Å². The average Bonchev–Trinajstić information content (AvgIpc) is 2.14. The lowest BCUT2D eigenvalue weighted by molar-refractivity contribution is 0.158. The summed E-state index contributed by atoms with van der Waals surface area (Å²) in [5.74, 6) is -1.78. The fraction of sp³-hybridized carbons (Fsp3) is 0.250. The Hall–Kier alpha value is -1.20. The quantitative estimate of drug-likeness (QED) is 0.707. The van der Waals surface area contributed by atoms with Gasteiger partial charge in [0.15, 0.2) is 11.6 Å². The Labute approximate surface area is 73.9 Å². The van der Waals surface area contributed by atoms with Crippen molar-refractivity contribution in [2.24, 2.45) is 0 Å². The zero-order valence-electron chi connectivity index (χ0n) is 6.97. The van der Waals surface area contributed by atoms with Gasteiger partial charge in [0.2, 0.25) is 0 Å². The summed E-state index contributed by atoms with van der Waals surface area (Å²) in [6, 6.07) is 2.26. The molecule has 2 N–H and O–H groups in total. The number of hydrogen-bond donors (Lipinski definition) is 2. The van der Waals surface area contributed by atoms with Crippen LogP contribution in [0.4, 0.5) is 8.78 Å². The largest absolute Gasteiger partial charge is 0.496 e. The molecule has 0 aromatic heterocycles. The maximum atomic E-state index is 13.0. The Morgan fingerprint density at radius 3 is 2.69 bits per heavy atom. The van der Waals surface area contributed by atoms with Gasteiger partial charge in [0, 0.05) is 5.56 Å². The van der Waals surface area contributed by atoms with E-state index in [4.69, 9.17) is 9.94 Å². The second-order valence-corrected chi connectivity index (χ2v) is 2.38. The molecule has 0 bridgehead atoms. The van der Waals surface area contributed by atoms with Crippen molar-refractivity contribution >= 4 is 0 Å². The molecule has 13 heavy (non-hydrogen) atoms. The molecule has 0 atom stereocenters. The second-order valence-electron chi connectivity index (χ2n) is 2.38. The number of methoxy groups -OCH3 is 1. The van der Waals surface area contributed by atoms with Gasteiger partial charge >= 0.3 is 0 Å². The van der Waals surface area contributed by atoms with E-state index in [1.54, 1.807) is 5.48 Å². The molecule has 0 saturated carbocycles. The predicted molar refractivity (Wildman–Crippen MR) is 41.5 cm³/mol. The standard InChI is InChI=1S/C8H9F2NO2/c1-13-7-3-2-6(9)8(10)5(7)4-11-12/h2-3,11-12H,4H2,1H3. The molecule has 0 aliphatic rings. The molecule has 5 heteroatoms. The fourth-order valence-electron chi connectivity index (χ4n) is 1.01. The molecule has 1 aromatic carbocycles. The lowest BCUT2D eigenvalue weighted by Crippen LogP contribution is -2.10. The molecule has 0 unspecified atom stereocenters. The molecule has 72 valence electrons. The summed E-state index contributed by atoms with van der Waals surface area (Å²) in [5, 5.41) is 8.36. The van der Waals surface area contributed by atoms with Crippen molar-refractivity contribution in [2.75, 3.05) is 7.11 Å². The maximum absolute atomic E-state index is 13.0. The van der Waals surface area contributed by atoms with Crippen LogP contribution in [0.1, 0.15) is 5.56 Å². The van der Waals surface area contributed by atoms with Gasteiger partial charge in [-0.3, -0.25) is 0 Å². The van der Waals surface area contributed by atoms with E-state index in [2.05, 4.69) is 0 Å². The van der Waals surface area contributed by atoms with Gasteiger partial charge in [0.1, 0.15) is 5.75 Å². The van der Waals surface area contributed by atoms with Crippen molar-refractivity contribution < 1.29 is 18.7 Å². The van der Waals surface area contributed by atoms with Crippen LogP contribution in [0.5, 0.6) is 5.75 Å². The zero-order valence-corrected chi connectivity index (χ0v) is 6.97. The van der Waals surface area contributed by atoms with Gasteiger partial charge in [-0.15, -0.1) is 0 Å². The number of benzene rings is 1. The number of hydrogen-bond acceptors (Lipinski definition) is 3. The van der Waals surface area contributed by atoms with E-state index < -0.39 is 11.6 Å². The lowest BCUT2D eigenvalue weighted by atomic mass is 10.2. The molecular formula is C8H9F2NO2. The number of hydroxylamine groups is 1. The van der Waals surface area contributed by atoms with Crippen LogP contribution in [0, 0.1) is 11.6 Å². The number of halogens is 2. The van der Waals surface area contributed by atoms with E-state index in [1.807, 2.05) is 0 Å². The highest BCUT2D eigenvalue weighted by Gasteiger charge is 2.13. The molecule has 0 heterocycles. The Morgan fingerprint density at radius 2 is 2.15 bits per heavy atom. The molecule has 3 nitrogen and oxygen atoms in total. The number of ether oxygens (including phenoxy) is 1. The molecule has 1 aromatic rings. The summed E-state index contributed by atoms with van der Waals surface area (Å²) in [7, 11) is 1.34. The molecule has 0 amide bonds. The third kappa shape index (κ3) is 1.93. The Balaban J connectivity index is 3.15. The van der Waals surface area contributed by atoms with Crippen molar-refractivity contribution in [2.45, 2.75) is 6.54 Å². The van der Waals surface area contributed by atoms with E-state index in [1.165, 1.54) is 13.2 Å². The first-order chi connectivity index (χ1) is 6.20. The highest BCUT2D eigenvalue weighted by Crippen LogP contribution is 2.22.